The minimum absolute atomic E-state index is 0. The second kappa shape index (κ2) is 9.80. The van der Waals surface area contributed by atoms with Crippen LogP contribution in [0.5, 0.6) is 0 Å². The standard InChI is InChI=1S/C21H27ClN8.ClH/c1-12(2)19-18(20(22)29-28-19)16-7-8-23-21(26-16)27-17-6-5-15(9-24-17)30-10-13(3)25-14(4)11-30;/h5-9,12-14,25H,10-11H2,1-4H3,(H,28,29)(H,23,24,26,27);1H. The maximum Gasteiger partial charge on any atom is 0.228 e. The van der Waals surface area contributed by atoms with Crippen LogP contribution in [-0.4, -0.2) is 50.3 Å². The Balaban J connectivity index is 0.00000272. The third kappa shape index (κ3) is 5.26. The van der Waals surface area contributed by atoms with Gasteiger partial charge in [-0.25, -0.2) is 15.0 Å². The molecular formula is C21H28Cl2N8. The van der Waals surface area contributed by atoms with E-state index in [2.05, 4.69) is 74.4 Å². The molecule has 10 heteroatoms. The summed E-state index contributed by atoms with van der Waals surface area (Å²) in [7, 11) is 0. The van der Waals surface area contributed by atoms with Gasteiger partial charge in [0.1, 0.15) is 5.82 Å². The van der Waals surface area contributed by atoms with Crippen LogP contribution in [0.1, 0.15) is 39.3 Å². The summed E-state index contributed by atoms with van der Waals surface area (Å²) in [5, 5.41) is 14.3. The predicted octanol–water partition coefficient (Wildman–Crippen LogP) is 4.39. The maximum atomic E-state index is 6.30. The number of rotatable bonds is 5. The molecule has 0 amide bonds. The zero-order valence-corrected chi connectivity index (χ0v) is 19.6. The molecule has 0 saturated carbocycles. The number of pyridine rings is 1. The summed E-state index contributed by atoms with van der Waals surface area (Å²) in [6, 6.07) is 6.76. The summed E-state index contributed by atoms with van der Waals surface area (Å²) in [5.41, 5.74) is 3.59. The molecule has 0 bridgehead atoms. The van der Waals surface area contributed by atoms with Gasteiger partial charge in [0.05, 0.1) is 23.1 Å². The Morgan fingerprint density at radius 1 is 1.13 bits per heavy atom. The molecule has 1 aliphatic heterocycles. The number of halogens is 2. The van der Waals surface area contributed by atoms with Gasteiger partial charge in [0, 0.05) is 37.1 Å². The van der Waals surface area contributed by atoms with E-state index in [0.29, 0.717) is 29.0 Å². The molecule has 1 saturated heterocycles. The van der Waals surface area contributed by atoms with Gasteiger partial charge in [-0.3, -0.25) is 5.10 Å². The molecule has 0 spiro atoms. The van der Waals surface area contributed by atoms with Gasteiger partial charge in [0.15, 0.2) is 5.15 Å². The Morgan fingerprint density at radius 3 is 2.52 bits per heavy atom. The third-order valence-electron chi connectivity index (χ3n) is 5.15. The van der Waals surface area contributed by atoms with Crippen molar-refractivity contribution >= 4 is 41.5 Å². The molecule has 1 fully saturated rings. The number of hydrogen-bond donors (Lipinski definition) is 3. The van der Waals surface area contributed by atoms with E-state index in [0.717, 1.165) is 35.7 Å². The van der Waals surface area contributed by atoms with E-state index >= 15 is 0 Å². The van der Waals surface area contributed by atoms with E-state index in [9.17, 15) is 0 Å². The minimum Gasteiger partial charge on any atom is -0.367 e. The van der Waals surface area contributed by atoms with Crippen LogP contribution in [0.2, 0.25) is 5.15 Å². The van der Waals surface area contributed by atoms with Crippen molar-refractivity contribution in [1.29, 1.82) is 0 Å². The fraction of sp³-hybridized carbons (Fsp3) is 0.429. The Kier molecular flexibility index (Phi) is 7.35. The Morgan fingerprint density at radius 2 is 1.87 bits per heavy atom. The van der Waals surface area contributed by atoms with Crippen LogP contribution < -0.4 is 15.5 Å². The van der Waals surface area contributed by atoms with E-state index in [1.807, 2.05) is 18.3 Å². The molecule has 8 nitrogen and oxygen atoms in total. The van der Waals surface area contributed by atoms with Crippen LogP contribution in [0.4, 0.5) is 17.5 Å². The number of aromatic amines is 1. The largest absolute Gasteiger partial charge is 0.367 e. The number of nitrogens with one attached hydrogen (secondary N) is 3. The normalized spacial score (nSPS) is 18.7. The average Bonchev–Trinajstić information content (AvgIpc) is 3.10. The maximum absolute atomic E-state index is 6.30. The summed E-state index contributed by atoms with van der Waals surface area (Å²) in [5.74, 6) is 1.40. The first-order valence-electron chi connectivity index (χ1n) is 10.2. The van der Waals surface area contributed by atoms with Gasteiger partial charge in [-0.15, -0.1) is 12.4 Å². The summed E-state index contributed by atoms with van der Waals surface area (Å²) < 4.78 is 0. The van der Waals surface area contributed by atoms with Crippen LogP contribution in [-0.2, 0) is 0 Å². The van der Waals surface area contributed by atoms with E-state index in [1.165, 1.54) is 0 Å². The summed E-state index contributed by atoms with van der Waals surface area (Å²) in [6.45, 7) is 10.5. The van der Waals surface area contributed by atoms with Crippen molar-refractivity contribution in [1.82, 2.24) is 30.5 Å². The van der Waals surface area contributed by atoms with Gasteiger partial charge >= 0.3 is 0 Å². The Hall–Kier alpha value is -2.42. The monoisotopic (exact) mass is 462 g/mol. The van der Waals surface area contributed by atoms with Crippen molar-refractivity contribution < 1.29 is 0 Å². The van der Waals surface area contributed by atoms with Crippen LogP contribution in [0, 0.1) is 0 Å². The van der Waals surface area contributed by atoms with Crippen LogP contribution in [0.15, 0.2) is 30.6 Å². The SMILES string of the molecule is CC1CN(c2ccc(Nc3nccc(-c4c(Cl)n[nH]c4C(C)C)n3)nc2)CC(C)N1.Cl. The molecule has 3 N–H and O–H groups in total. The van der Waals surface area contributed by atoms with Gasteiger partial charge in [-0.05, 0) is 38.0 Å². The predicted molar refractivity (Wildman–Crippen MR) is 128 cm³/mol. The first-order valence-corrected chi connectivity index (χ1v) is 10.6. The first kappa shape index (κ1) is 23.2. The smallest absolute Gasteiger partial charge is 0.228 e. The lowest BCUT2D eigenvalue weighted by atomic mass is 10.0. The second-order valence-corrected chi connectivity index (χ2v) is 8.48. The number of anilines is 3. The number of piperazine rings is 1. The molecular weight excluding hydrogens is 435 g/mol. The van der Waals surface area contributed by atoms with Crippen LogP contribution >= 0.6 is 24.0 Å². The quantitative estimate of drug-likeness (QED) is 0.517. The van der Waals surface area contributed by atoms with Gasteiger partial charge < -0.3 is 15.5 Å². The topological polar surface area (TPSA) is 94.6 Å². The molecule has 4 heterocycles. The van der Waals surface area contributed by atoms with Gasteiger partial charge in [0.25, 0.3) is 0 Å². The number of aromatic nitrogens is 5. The second-order valence-electron chi connectivity index (χ2n) is 8.12. The van der Waals surface area contributed by atoms with Gasteiger partial charge in [-0.1, -0.05) is 25.4 Å². The van der Waals surface area contributed by atoms with Crippen molar-refractivity contribution in [2.45, 2.75) is 45.7 Å². The van der Waals surface area contributed by atoms with E-state index < -0.39 is 0 Å². The zero-order chi connectivity index (χ0) is 21.3. The summed E-state index contributed by atoms with van der Waals surface area (Å²) >= 11 is 6.30. The lowest BCUT2D eigenvalue weighted by Gasteiger charge is -2.37. The molecule has 2 atom stereocenters. The zero-order valence-electron chi connectivity index (χ0n) is 18.1. The molecule has 166 valence electrons. The van der Waals surface area contributed by atoms with Crippen molar-refractivity contribution in [2.75, 3.05) is 23.3 Å². The Labute approximate surface area is 193 Å². The molecule has 1 aliphatic rings. The number of nitrogens with zero attached hydrogens (tertiary/aromatic N) is 5. The number of H-pyrrole nitrogens is 1. The van der Waals surface area contributed by atoms with Crippen molar-refractivity contribution in [3.8, 4) is 11.3 Å². The molecule has 31 heavy (non-hydrogen) atoms. The highest BCUT2D eigenvalue weighted by Crippen LogP contribution is 2.32. The fourth-order valence-electron chi connectivity index (χ4n) is 3.85. The molecule has 0 radical (unpaired) electrons. The highest BCUT2D eigenvalue weighted by molar-refractivity contribution is 6.32. The van der Waals surface area contributed by atoms with E-state index in [-0.39, 0.29) is 18.3 Å². The lowest BCUT2D eigenvalue weighted by molar-refractivity contribution is 0.407. The van der Waals surface area contributed by atoms with Gasteiger partial charge in [0.2, 0.25) is 5.95 Å². The van der Waals surface area contributed by atoms with Crippen LogP contribution in [0.3, 0.4) is 0 Å². The molecule has 0 aliphatic carbocycles. The van der Waals surface area contributed by atoms with Crippen molar-refractivity contribution in [2.24, 2.45) is 0 Å². The van der Waals surface area contributed by atoms with Crippen LogP contribution in [0.25, 0.3) is 11.3 Å². The molecule has 3 aromatic rings. The number of hydrogen-bond acceptors (Lipinski definition) is 7. The lowest BCUT2D eigenvalue weighted by Crippen LogP contribution is -2.54. The van der Waals surface area contributed by atoms with Crippen molar-refractivity contribution in [3.05, 3.63) is 41.4 Å². The molecule has 4 rings (SSSR count). The molecule has 2 unspecified atom stereocenters. The highest BCUT2D eigenvalue weighted by atomic mass is 35.5. The fourth-order valence-corrected chi connectivity index (χ4v) is 4.09. The third-order valence-corrected chi connectivity index (χ3v) is 5.42. The van der Waals surface area contributed by atoms with Gasteiger partial charge in [-0.2, -0.15) is 5.10 Å². The molecule has 3 aromatic heterocycles. The molecule has 0 aromatic carbocycles. The average molecular weight is 463 g/mol. The summed E-state index contributed by atoms with van der Waals surface area (Å²) in [6.07, 6.45) is 3.59. The van der Waals surface area contributed by atoms with Crippen molar-refractivity contribution in [3.63, 3.8) is 0 Å². The van der Waals surface area contributed by atoms with E-state index in [4.69, 9.17) is 11.6 Å². The van der Waals surface area contributed by atoms with E-state index in [1.54, 1.807) is 6.20 Å². The first-order chi connectivity index (χ1) is 14.4. The Bertz CT molecular complexity index is 995. The minimum atomic E-state index is 0. The highest BCUT2D eigenvalue weighted by Gasteiger charge is 2.21. The summed E-state index contributed by atoms with van der Waals surface area (Å²) in [4.78, 5) is 15.9.